The minimum atomic E-state index is -1.29. The van der Waals surface area contributed by atoms with Crippen molar-refractivity contribution in [3.05, 3.63) is 0 Å². The van der Waals surface area contributed by atoms with Gasteiger partial charge in [-0.3, -0.25) is 0 Å². The van der Waals surface area contributed by atoms with Gasteiger partial charge in [0, 0.05) is 0 Å². The Kier molecular flexibility index (Phi) is 1.21. The van der Waals surface area contributed by atoms with Crippen molar-refractivity contribution in [3.8, 4) is 0 Å². The van der Waals surface area contributed by atoms with E-state index in [1.54, 1.807) is 0 Å². The van der Waals surface area contributed by atoms with Crippen LogP contribution >= 0.6 is 0 Å². The Balaban J connectivity index is 3.73. The van der Waals surface area contributed by atoms with Crippen LogP contribution in [-0.4, -0.2) is 8.94 Å². The molecule has 0 aromatic carbocycles. The molecule has 1 nitrogen and oxygen atoms in total. The minimum absolute atomic E-state index is 1.16. The molecule has 3 heteroatoms. The summed E-state index contributed by atoms with van der Waals surface area (Å²) in [7, 11) is -0.125. The van der Waals surface area contributed by atoms with E-state index in [1.807, 2.05) is 0 Å². The van der Waals surface area contributed by atoms with Crippen LogP contribution in [0.1, 0.15) is 0 Å². The molecule has 45 valence electrons. The molecule has 0 atom stereocenters. The van der Waals surface area contributed by atoms with Crippen molar-refractivity contribution in [2.75, 3.05) is 0 Å². The monoisotopic (exact) mass is 150 g/mol. The van der Waals surface area contributed by atoms with Crippen LogP contribution in [0.15, 0.2) is 0 Å². The zero-order chi connectivity index (χ0) is 5.45. The first-order chi connectivity index (χ1) is 2.24. The molecule has 0 heterocycles. The molecule has 0 aromatic rings. The third kappa shape index (κ3) is 140. The molecule has 0 bridgehead atoms. The van der Waals surface area contributed by atoms with Crippen molar-refractivity contribution >= 4 is 8.94 Å². The molecule has 0 spiro atoms. The molecule has 0 aliphatic heterocycles. The van der Waals surface area contributed by atoms with E-state index in [2.05, 4.69) is 17.7 Å². The molecule has 0 saturated heterocycles. The van der Waals surface area contributed by atoms with Gasteiger partial charge in [-0.2, -0.15) is 0 Å². The van der Waals surface area contributed by atoms with E-state index in [1.165, 1.54) is 0 Å². The molecule has 2 N–H and O–H groups in total. The van der Waals surface area contributed by atoms with Crippen LogP contribution in [-0.2, 0) is 10.9 Å². The maximum atomic E-state index is 5.78. The standard InChI is InChI=1S/3CH3.H2N.Ni.H3Si/h3*1H3;1H2;;1H3/q;;;-1;+1;. The van der Waals surface area contributed by atoms with Crippen LogP contribution in [0.4, 0.5) is 0 Å². The van der Waals surface area contributed by atoms with Crippen molar-refractivity contribution in [1.29, 1.82) is 0 Å². The van der Waals surface area contributed by atoms with Crippen LogP contribution in [0, 0.1) is 0 Å². The summed E-state index contributed by atoms with van der Waals surface area (Å²) < 4.78 is 0. The molecule has 0 aromatic heterocycles. The zero-order valence-electron chi connectivity index (χ0n) is 4.89. The number of hydrogen-bond donors (Lipinski definition) is 1. The van der Waals surface area contributed by atoms with E-state index in [0.29, 0.717) is 0 Å². The predicted octanol–water partition coefficient (Wildman–Crippen LogP) is -0.0256. The number of rotatable bonds is 0. The van der Waals surface area contributed by atoms with Crippen molar-refractivity contribution < 1.29 is 10.9 Å². The van der Waals surface area contributed by atoms with Gasteiger partial charge in [-0.1, -0.05) is 0 Å². The Labute approximate surface area is 42.9 Å². The Morgan fingerprint density at radius 1 is 1.33 bits per heavy atom. The fourth-order valence-corrected chi connectivity index (χ4v) is 0. The summed E-state index contributed by atoms with van der Waals surface area (Å²) in [5, 5.41) is 0. The van der Waals surface area contributed by atoms with Crippen LogP contribution < -0.4 is 4.81 Å². The molecule has 0 amide bonds. The van der Waals surface area contributed by atoms with Gasteiger partial charge in [0.05, 0.1) is 0 Å². The van der Waals surface area contributed by atoms with Gasteiger partial charge in [-0.15, -0.1) is 0 Å². The summed E-state index contributed by atoms with van der Waals surface area (Å²) in [6, 6.07) is 0. The first-order valence-electron chi connectivity index (χ1n) is 1.45. The third-order valence-electron chi connectivity index (χ3n) is 0. The van der Waals surface area contributed by atoms with E-state index in [0.717, 1.165) is 8.94 Å². The summed E-state index contributed by atoms with van der Waals surface area (Å²) in [6.45, 7) is 0. The third-order valence-corrected chi connectivity index (χ3v) is 0. The topological polar surface area (TPSA) is 26.0 Å². The van der Waals surface area contributed by atoms with E-state index in [4.69, 9.17) is 4.81 Å². The van der Waals surface area contributed by atoms with E-state index in [-0.39, 0.29) is 0 Å². The van der Waals surface area contributed by atoms with Gasteiger partial charge in [0.25, 0.3) is 0 Å². The van der Waals surface area contributed by atoms with E-state index < -0.39 is 10.9 Å². The summed E-state index contributed by atoms with van der Waals surface area (Å²) >= 11 is 0. The normalized spacial score (nSPS) is 19.7. The second kappa shape index (κ2) is 1.09. The van der Waals surface area contributed by atoms with E-state index >= 15 is 0 Å². The van der Waals surface area contributed by atoms with Gasteiger partial charge in [0.1, 0.15) is 0 Å². The quantitative estimate of drug-likeness (QED) is 0.483. The van der Waals surface area contributed by atoms with Crippen LogP contribution in [0.5, 0.6) is 0 Å². The van der Waals surface area contributed by atoms with Gasteiger partial charge in [-0.05, 0) is 0 Å². The Hall–Kier alpha value is 0.670. The Bertz CT molecular complexity index is 44.0. The fraction of sp³-hybridized carbons (Fsp3) is 1.00. The second-order valence-electron chi connectivity index (χ2n) is 2.63. The van der Waals surface area contributed by atoms with Crippen LogP contribution in [0.2, 0.25) is 17.7 Å². The molecule has 0 fully saturated rings. The molecule has 0 aliphatic carbocycles. The van der Waals surface area contributed by atoms with Gasteiger partial charge in [-0.25, -0.2) is 0 Å². The average Bonchev–Trinajstić information content (AvgIpc) is 0.650. The van der Waals surface area contributed by atoms with Gasteiger partial charge < -0.3 is 0 Å². The summed E-state index contributed by atoms with van der Waals surface area (Å²) in [6.07, 6.45) is 0. The fourth-order valence-electron chi connectivity index (χ4n) is 0. The Morgan fingerprint density at radius 2 is 1.33 bits per heavy atom. The molecule has 0 radical (unpaired) electrons. The van der Waals surface area contributed by atoms with Crippen LogP contribution in [0.25, 0.3) is 0 Å². The second-order valence-corrected chi connectivity index (χ2v) is 20.2. The molecule has 0 unspecified atom stereocenters. The molecule has 0 saturated carbocycles. The molecular weight excluding hydrogens is 137 g/mol. The van der Waals surface area contributed by atoms with Crippen molar-refractivity contribution in [2.45, 2.75) is 17.7 Å². The maximum absolute atomic E-state index is 5.78. The molecule has 0 aliphatic rings. The predicted molar refractivity (Wildman–Crippen MR) is 31.7 cm³/mol. The van der Waals surface area contributed by atoms with Gasteiger partial charge in [0.15, 0.2) is 0 Å². The summed E-state index contributed by atoms with van der Waals surface area (Å²) in [5.41, 5.74) is 0. The van der Waals surface area contributed by atoms with Crippen molar-refractivity contribution in [3.63, 3.8) is 0 Å². The SMILES string of the molecule is [CH3][Ni]([CH3])([CH3])([NH2])[SiH3]. The zero-order valence-corrected chi connectivity index (χ0v) is 7.88. The van der Waals surface area contributed by atoms with Crippen molar-refractivity contribution in [2.24, 2.45) is 4.81 Å². The van der Waals surface area contributed by atoms with Crippen LogP contribution in [0.3, 0.4) is 0 Å². The molecular formula is C3H14NNiSi. The first kappa shape index (κ1) is 6.67. The molecule has 0 rings (SSSR count). The Morgan fingerprint density at radius 3 is 1.33 bits per heavy atom. The first-order valence-corrected chi connectivity index (χ1v) is 8.58. The van der Waals surface area contributed by atoms with E-state index in [9.17, 15) is 0 Å². The number of hydrogen-bond acceptors (Lipinski definition) is 1. The van der Waals surface area contributed by atoms with Gasteiger partial charge in [0.2, 0.25) is 0 Å². The molecule has 6 heavy (non-hydrogen) atoms. The summed E-state index contributed by atoms with van der Waals surface area (Å²) in [4.78, 5) is 5.78. The van der Waals surface area contributed by atoms with Crippen molar-refractivity contribution in [1.82, 2.24) is 0 Å². The van der Waals surface area contributed by atoms with Gasteiger partial charge >= 0.3 is 42.4 Å². The summed E-state index contributed by atoms with van der Waals surface area (Å²) in [5.74, 6) is 6.49. The number of nitrogens with two attached hydrogens (primary N) is 1. The average molecular weight is 151 g/mol.